The third kappa shape index (κ3) is 4.05. The first-order valence-corrected chi connectivity index (χ1v) is 5.72. The van der Waals surface area contributed by atoms with Crippen molar-refractivity contribution in [3.63, 3.8) is 0 Å². The van der Waals surface area contributed by atoms with E-state index in [-0.39, 0.29) is 11.8 Å². The van der Waals surface area contributed by atoms with E-state index in [1.165, 1.54) is 0 Å². The molecule has 0 saturated carbocycles. The molecule has 0 aromatic carbocycles. The zero-order valence-electron chi connectivity index (χ0n) is 10.0. The fourth-order valence-electron chi connectivity index (χ4n) is 1.78. The summed E-state index contributed by atoms with van der Waals surface area (Å²) in [5.41, 5.74) is 0. The van der Waals surface area contributed by atoms with E-state index in [0.717, 1.165) is 0 Å². The summed E-state index contributed by atoms with van der Waals surface area (Å²) in [5.74, 6) is -1.45. The first-order valence-electron chi connectivity index (χ1n) is 5.72. The van der Waals surface area contributed by atoms with Gasteiger partial charge in [-0.25, -0.2) is 4.79 Å². The van der Waals surface area contributed by atoms with Crippen LogP contribution in [0.5, 0.6) is 0 Å². The summed E-state index contributed by atoms with van der Waals surface area (Å²) in [6, 6.07) is -1.48. The Bertz CT molecular complexity index is 327. The highest BCUT2D eigenvalue weighted by atomic mass is 16.4. The van der Waals surface area contributed by atoms with E-state index < -0.39 is 24.0 Å². The fraction of sp³-hybridized carbons (Fsp3) is 0.727. The first kappa shape index (κ1) is 13.5. The zero-order chi connectivity index (χ0) is 13.0. The van der Waals surface area contributed by atoms with Crippen LogP contribution in [0.2, 0.25) is 0 Å². The monoisotopic (exact) mass is 242 g/mol. The van der Waals surface area contributed by atoms with E-state index in [4.69, 9.17) is 5.11 Å². The standard InChI is InChI=1S/C11H18N2O4/c1-6(2)5-8(11(16)17)13-10(15)7-3-4-9(14)12-7/h6-8H,3-5H2,1-2H3,(H,12,14)(H,13,15)(H,16,17)/t7?,8-/m0/s1. The summed E-state index contributed by atoms with van der Waals surface area (Å²) >= 11 is 0. The molecule has 0 radical (unpaired) electrons. The number of hydrogen-bond donors (Lipinski definition) is 3. The van der Waals surface area contributed by atoms with Crippen LogP contribution in [0.4, 0.5) is 0 Å². The molecular formula is C11H18N2O4. The molecule has 0 aliphatic carbocycles. The van der Waals surface area contributed by atoms with Crippen LogP contribution in [-0.4, -0.2) is 35.0 Å². The Hall–Kier alpha value is -1.59. The maximum absolute atomic E-state index is 11.7. The quantitative estimate of drug-likeness (QED) is 0.626. The highest BCUT2D eigenvalue weighted by Crippen LogP contribution is 2.09. The van der Waals surface area contributed by atoms with Gasteiger partial charge in [0.1, 0.15) is 12.1 Å². The lowest BCUT2D eigenvalue weighted by atomic mass is 10.0. The van der Waals surface area contributed by atoms with E-state index >= 15 is 0 Å². The highest BCUT2D eigenvalue weighted by Gasteiger charge is 2.30. The Morgan fingerprint density at radius 3 is 2.59 bits per heavy atom. The summed E-state index contributed by atoms with van der Waals surface area (Å²) in [4.78, 5) is 33.6. The van der Waals surface area contributed by atoms with E-state index in [1.807, 2.05) is 13.8 Å². The Labute approximate surface area is 99.8 Å². The number of carboxylic acids is 1. The van der Waals surface area contributed by atoms with Gasteiger partial charge in [0.25, 0.3) is 0 Å². The lowest BCUT2D eigenvalue weighted by Gasteiger charge is -2.18. The van der Waals surface area contributed by atoms with Gasteiger partial charge in [0, 0.05) is 6.42 Å². The van der Waals surface area contributed by atoms with Crippen LogP contribution >= 0.6 is 0 Å². The number of nitrogens with one attached hydrogen (secondary N) is 2. The van der Waals surface area contributed by atoms with E-state index in [2.05, 4.69) is 10.6 Å². The average Bonchev–Trinajstić information content (AvgIpc) is 2.63. The van der Waals surface area contributed by atoms with Gasteiger partial charge in [0.15, 0.2) is 0 Å². The van der Waals surface area contributed by atoms with Gasteiger partial charge < -0.3 is 15.7 Å². The van der Waals surface area contributed by atoms with Crippen LogP contribution in [0.3, 0.4) is 0 Å². The molecule has 2 amide bonds. The van der Waals surface area contributed by atoms with Crippen molar-refractivity contribution in [2.24, 2.45) is 5.92 Å². The molecule has 1 saturated heterocycles. The molecular weight excluding hydrogens is 224 g/mol. The molecule has 1 aliphatic heterocycles. The normalized spacial score (nSPS) is 21.1. The molecule has 1 unspecified atom stereocenters. The molecule has 0 aromatic heterocycles. The van der Waals surface area contributed by atoms with Crippen LogP contribution in [0.1, 0.15) is 33.1 Å². The smallest absolute Gasteiger partial charge is 0.326 e. The lowest BCUT2D eigenvalue weighted by Crippen LogP contribution is -2.49. The largest absolute Gasteiger partial charge is 0.480 e. The number of amides is 2. The molecule has 1 rings (SSSR count). The zero-order valence-corrected chi connectivity index (χ0v) is 10.0. The van der Waals surface area contributed by atoms with Crippen molar-refractivity contribution in [2.75, 3.05) is 0 Å². The van der Waals surface area contributed by atoms with Crippen LogP contribution in [0.15, 0.2) is 0 Å². The molecule has 6 nitrogen and oxygen atoms in total. The van der Waals surface area contributed by atoms with Gasteiger partial charge in [-0.05, 0) is 18.8 Å². The van der Waals surface area contributed by atoms with Crippen LogP contribution < -0.4 is 10.6 Å². The van der Waals surface area contributed by atoms with Crippen molar-refractivity contribution < 1.29 is 19.5 Å². The molecule has 1 fully saturated rings. The molecule has 6 heteroatoms. The molecule has 0 aromatic rings. The van der Waals surface area contributed by atoms with Gasteiger partial charge in [0.05, 0.1) is 0 Å². The van der Waals surface area contributed by atoms with Gasteiger partial charge in [-0.1, -0.05) is 13.8 Å². The minimum atomic E-state index is -1.05. The Balaban J connectivity index is 2.52. The Kier molecular flexibility index (Phi) is 4.48. The minimum absolute atomic E-state index is 0.166. The SMILES string of the molecule is CC(C)C[C@H](NC(=O)C1CCC(=O)N1)C(=O)O. The topological polar surface area (TPSA) is 95.5 Å². The number of carbonyl (C=O) groups excluding carboxylic acids is 2. The van der Waals surface area contributed by atoms with Crippen molar-refractivity contribution in [3.05, 3.63) is 0 Å². The number of rotatable bonds is 5. The summed E-state index contributed by atoms with van der Waals surface area (Å²) in [5, 5.41) is 13.9. The summed E-state index contributed by atoms with van der Waals surface area (Å²) in [7, 11) is 0. The maximum atomic E-state index is 11.7. The van der Waals surface area contributed by atoms with Crippen LogP contribution in [0.25, 0.3) is 0 Å². The third-order valence-corrected chi connectivity index (χ3v) is 2.63. The second-order valence-electron chi connectivity index (χ2n) is 4.69. The Morgan fingerprint density at radius 1 is 1.53 bits per heavy atom. The van der Waals surface area contributed by atoms with Gasteiger partial charge in [-0.15, -0.1) is 0 Å². The van der Waals surface area contributed by atoms with Crippen molar-refractivity contribution in [1.82, 2.24) is 10.6 Å². The van der Waals surface area contributed by atoms with Crippen molar-refractivity contribution in [1.29, 1.82) is 0 Å². The van der Waals surface area contributed by atoms with E-state index in [9.17, 15) is 14.4 Å². The number of carboxylic acid groups (broad SMARTS) is 1. The average molecular weight is 242 g/mol. The molecule has 1 heterocycles. The van der Waals surface area contributed by atoms with Gasteiger partial charge in [-0.3, -0.25) is 9.59 Å². The van der Waals surface area contributed by atoms with Gasteiger partial charge in [-0.2, -0.15) is 0 Å². The second-order valence-corrected chi connectivity index (χ2v) is 4.69. The van der Waals surface area contributed by atoms with Crippen molar-refractivity contribution >= 4 is 17.8 Å². The minimum Gasteiger partial charge on any atom is -0.480 e. The highest BCUT2D eigenvalue weighted by molar-refractivity contribution is 5.92. The van der Waals surface area contributed by atoms with Crippen LogP contribution in [-0.2, 0) is 14.4 Å². The maximum Gasteiger partial charge on any atom is 0.326 e. The third-order valence-electron chi connectivity index (χ3n) is 2.63. The molecule has 2 atom stereocenters. The summed E-state index contributed by atoms with van der Waals surface area (Å²) < 4.78 is 0. The number of carbonyl (C=O) groups is 3. The predicted molar refractivity (Wildman–Crippen MR) is 60.2 cm³/mol. The molecule has 3 N–H and O–H groups in total. The van der Waals surface area contributed by atoms with Crippen LogP contribution in [0, 0.1) is 5.92 Å². The van der Waals surface area contributed by atoms with Gasteiger partial charge in [0.2, 0.25) is 11.8 Å². The number of aliphatic carboxylic acids is 1. The summed E-state index contributed by atoms with van der Waals surface area (Å²) in [6.07, 6.45) is 1.13. The lowest BCUT2D eigenvalue weighted by molar-refractivity contribution is -0.142. The second kappa shape index (κ2) is 5.65. The first-order chi connectivity index (χ1) is 7.90. The molecule has 17 heavy (non-hydrogen) atoms. The molecule has 96 valence electrons. The molecule has 0 spiro atoms. The van der Waals surface area contributed by atoms with Crippen molar-refractivity contribution in [3.8, 4) is 0 Å². The van der Waals surface area contributed by atoms with E-state index in [0.29, 0.717) is 19.3 Å². The predicted octanol–water partition coefficient (Wildman–Crippen LogP) is -0.119. The Morgan fingerprint density at radius 2 is 2.18 bits per heavy atom. The van der Waals surface area contributed by atoms with E-state index in [1.54, 1.807) is 0 Å². The number of hydrogen-bond acceptors (Lipinski definition) is 3. The summed E-state index contributed by atoms with van der Waals surface area (Å²) in [6.45, 7) is 3.78. The molecule has 1 aliphatic rings. The van der Waals surface area contributed by atoms with Gasteiger partial charge >= 0.3 is 5.97 Å². The van der Waals surface area contributed by atoms with Crippen molar-refractivity contribution in [2.45, 2.75) is 45.2 Å². The molecule has 0 bridgehead atoms. The fourth-order valence-corrected chi connectivity index (χ4v) is 1.78.